The molecule has 0 aliphatic carbocycles. The van der Waals surface area contributed by atoms with Crippen LogP contribution in [0.3, 0.4) is 0 Å². The number of ether oxygens (including phenoxy) is 1. The van der Waals surface area contributed by atoms with Crippen molar-refractivity contribution >= 4 is 38.6 Å². The first-order valence-electron chi connectivity index (χ1n) is 7.60. The fourth-order valence-corrected chi connectivity index (χ4v) is 2.76. The average Bonchev–Trinajstić information content (AvgIpc) is 2.98. The third-order valence-corrected chi connectivity index (χ3v) is 3.89. The molecule has 0 amide bonds. The van der Waals surface area contributed by atoms with E-state index in [2.05, 4.69) is 32.0 Å². The lowest BCUT2D eigenvalue weighted by atomic mass is 10.1. The van der Waals surface area contributed by atoms with Crippen LogP contribution in [0.2, 0.25) is 0 Å². The highest BCUT2D eigenvalue weighted by atomic mass is 79.9. The van der Waals surface area contributed by atoms with Crippen molar-refractivity contribution in [3.63, 3.8) is 0 Å². The number of aromatic nitrogens is 2. The highest BCUT2D eigenvalue weighted by Crippen LogP contribution is 2.28. The second-order valence-electron chi connectivity index (χ2n) is 5.62. The molecule has 0 aliphatic rings. The number of nitrogens with one attached hydrogen (secondary N) is 1. The fourth-order valence-electron chi connectivity index (χ4n) is 2.38. The Morgan fingerprint density at radius 3 is 2.79 bits per heavy atom. The molecule has 0 radical (unpaired) electrons. The van der Waals surface area contributed by atoms with E-state index in [1.807, 2.05) is 56.3 Å². The lowest BCUT2D eigenvalue weighted by molar-refractivity contribution is 0.242. The molecule has 24 heavy (non-hydrogen) atoms. The van der Waals surface area contributed by atoms with Crippen LogP contribution < -0.4 is 4.74 Å². The van der Waals surface area contributed by atoms with Crippen molar-refractivity contribution < 1.29 is 4.74 Å². The van der Waals surface area contributed by atoms with Crippen molar-refractivity contribution in [3.05, 3.63) is 58.3 Å². The molecule has 0 saturated carbocycles. The number of imidazole rings is 1. The van der Waals surface area contributed by atoms with Gasteiger partial charge in [-0.1, -0.05) is 28.1 Å². The minimum Gasteiger partial charge on any atom is -0.490 e. The Kier molecular flexibility index (Phi) is 4.68. The molecule has 0 bridgehead atoms. The molecular weight excluding hydrogens is 366 g/mol. The predicted molar refractivity (Wildman–Crippen MR) is 99.5 cm³/mol. The van der Waals surface area contributed by atoms with Gasteiger partial charge in [0.15, 0.2) is 0 Å². The zero-order valence-corrected chi connectivity index (χ0v) is 15.0. The summed E-state index contributed by atoms with van der Waals surface area (Å²) in [7, 11) is 0. The summed E-state index contributed by atoms with van der Waals surface area (Å²) in [6.45, 7) is 3.94. The number of H-pyrrole nitrogens is 1. The van der Waals surface area contributed by atoms with E-state index in [0.29, 0.717) is 11.4 Å². The van der Waals surface area contributed by atoms with Gasteiger partial charge in [-0.05, 0) is 50.3 Å². The number of para-hydroxylation sites is 2. The first kappa shape index (κ1) is 16.3. The maximum atomic E-state index is 9.58. The van der Waals surface area contributed by atoms with Crippen LogP contribution in [-0.2, 0) is 0 Å². The summed E-state index contributed by atoms with van der Waals surface area (Å²) in [5.41, 5.74) is 3.02. The number of aromatic amines is 1. The lowest BCUT2D eigenvalue weighted by Gasteiger charge is -2.13. The number of halogens is 1. The van der Waals surface area contributed by atoms with Crippen molar-refractivity contribution in [2.24, 2.45) is 0 Å². The molecular formula is C19H16BrN3O. The van der Waals surface area contributed by atoms with Crippen LogP contribution in [0.4, 0.5) is 0 Å². The molecule has 1 heterocycles. The van der Waals surface area contributed by atoms with Crippen molar-refractivity contribution in [2.75, 3.05) is 0 Å². The molecule has 0 unspecified atom stereocenters. The number of allylic oxidation sites excluding steroid dienone is 1. The Bertz CT molecular complexity index is 918. The monoisotopic (exact) mass is 381 g/mol. The first-order chi connectivity index (χ1) is 11.6. The van der Waals surface area contributed by atoms with E-state index in [-0.39, 0.29) is 6.10 Å². The van der Waals surface area contributed by atoms with E-state index in [1.54, 1.807) is 6.08 Å². The molecule has 1 aromatic heterocycles. The molecule has 0 spiro atoms. The summed E-state index contributed by atoms with van der Waals surface area (Å²) < 4.78 is 6.76. The zero-order chi connectivity index (χ0) is 17.1. The fraction of sp³-hybridized carbons (Fsp3) is 0.158. The van der Waals surface area contributed by atoms with E-state index >= 15 is 0 Å². The minimum atomic E-state index is 0.0510. The SMILES string of the molecule is CC(C)Oc1ccc(Br)cc1/C=C(/C#N)c1nc2ccccc2[nH]1. The van der Waals surface area contributed by atoms with Crippen molar-refractivity contribution in [3.8, 4) is 11.8 Å². The van der Waals surface area contributed by atoms with Gasteiger partial charge in [-0.3, -0.25) is 0 Å². The number of fused-ring (bicyclic) bond motifs is 1. The maximum absolute atomic E-state index is 9.58. The summed E-state index contributed by atoms with van der Waals surface area (Å²) in [5, 5.41) is 9.58. The normalized spacial score (nSPS) is 11.7. The summed E-state index contributed by atoms with van der Waals surface area (Å²) in [6, 6.07) is 15.7. The predicted octanol–water partition coefficient (Wildman–Crippen LogP) is 5.18. The molecule has 0 atom stereocenters. The number of hydrogen-bond donors (Lipinski definition) is 1. The van der Waals surface area contributed by atoms with Crippen LogP contribution in [-0.4, -0.2) is 16.1 Å². The van der Waals surface area contributed by atoms with E-state index in [1.165, 1.54) is 0 Å². The van der Waals surface area contributed by atoms with Gasteiger partial charge in [0, 0.05) is 10.0 Å². The topological polar surface area (TPSA) is 61.7 Å². The second-order valence-corrected chi connectivity index (χ2v) is 6.54. The van der Waals surface area contributed by atoms with E-state index in [9.17, 15) is 5.26 Å². The summed E-state index contributed by atoms with van der Waals surface area (Å²) in [5.74, 6) is 1.28. The van der Waals surface area contributed by atoms with Crippen LogP contribution in [0.5, 0.6) is 5.75 Å². The molecule has 3 aromatic rings. The Labute approximate surface area is 148 Å². The Hall–Kier alpha value is -2.58. The van der Waals surface area contributed by atoms with Gasteiger partial charge in [-0.15, -0.1) is 0 Å². The molecule has 0 saturated heterocycles. The van der Waals surface area contributed by atoms with Crippen molar-refractivity contribution in [2.45, 2.75) is 20.0 Å². The summed E-state index contributed by atoms with van der Waals surface area (Å²) in [6.07, 6.45) is 1.84. The van der Waals surface area contributed by atoms with Gasteiger partial charge in [0.1, 0.15) is 17.6 Å². The van der Waals surface area contributed by atoms with E-state index < -0.39 is 0 Å². The first-order valence-corrected chi connectivity index (χ1v) is 8.39. The van der Waals surface area contributed by atoms with Gasteiger partial charge in [-0.25, -0.2) is 4.98 Å². The van der Waals surface area contributed by atoms with Crippen molar-refractivity contribution in [1.82, 2.24) is 9.97 Å². The number of nitriles is 1. The molecule has 120 valence electrons. The molecule has 1 N–H and O–H groups in total. The second kappa shape index (κ2) is 6.90. The molecule has 5 heteroatoms. The van der Waals surface area contributed by atoms with Gasteiger partial charge < -0.3 is 9.72 Å². The highest BCUT2D eigenvalue weighted by molar-refractivity contribution is 9.10. The van der Waals surface area contributed by atoms with Gasteiger partial charge in [0.05, 0.1) is 22.7 Å². The Morgan fingerprint density at radius 1 is 1.29 bits per heavy atom. The smallest absolute Gasteiger partial charge is 0.149 e. The van der Waals surface area contributed by atoms with Gasteiger partial charge in [0.25, 0.3) is 0 Å². The standard InChI is InChI=1S/C19H16BrN3O/c1-12(2)24-18-8-7-15(20)10-13(18)9-14(11-21)19-22-16-5-3-4-6-17(16)23-19/h3-10,12H,1-2H3,(H,22,23)/b14-9-. The summed E-state index contributed by atoms with van der Waals surface area (Å²) >= 11 is 3.47. The number of hydrogen-bond acceptors (Lipinski definition) is 3. The van der Waals surface area contributed by atoms with Gasteiger partial charge in [-0.2, -0.15) is 5.26 Å². The van der Waals surface area contributed by atoms with Crippen LogP contribution in [0.1, 0.15) is 25.2 Å². The third-order valence-electron chi connectivity index (χ3n) is 3.40. The van der Waals surface area contributed by atoms with Crippen molar-refractivity contribution in [1.29, 1.82) is 5.26 Å². The van der Waals surface area contributed by atoms with Crippen LogP contribution in [0.25, 0.3) is 22.7 Å². The maximum Gasteiger partial charge on any atom is 0.149 e. The van der Waals surface area contributed by atoms with Crippen LogP contribution in [0.15, 0.2) is 46.9 Å². The molecule has 3 rings (SSSR count). The number of benzene rings is 2. The molecule has 0 fully saturated rings. The zero-order valence-electron chi connectivity index (χ0n) is 13.4. The highest BCUT2D eigenvalue weighted by Gasteiger charge is 2.11. The van der Waals surface area contributed by atoms with E-state index in [4.69, 9.17) is 4.74 Å². The molecule has 2 aromatic carbocycles. The Morgan fingerprint density at radius 2 is 2.08 bits per heavy atom. The number of rotatable bonds is 4. The quantitative estimate of drug-likeness (QED) is 0.633. The number of nitrogens with zero attached hydrogens (tertiary/aromatic N) is 2. The summed E-state index contributed by atoms with van der Waals surface area (Å²) in [4.78, 5) is 7.68. The van der Waals surface area contributed by atoms with Gasteiger partial charge in [0.2, 0.25) is 0 Å². The molecule has 0 aliphatic heterocycles. The largest absolute Gasteiger partial charge is 0.490 e. The van der Waals surface area contributed by atoms with Gasteiger partial charge >= 0.3 is 0 Å². The van der Waals surface area contributed by atoms with E-state index in [0.717, 1.165) is 26.8 Å². The third kappa shape index (κ3) is 3.50. The average molecular weight is 382 g/mol. The van der Waals surface area contributed by atoms with Crippen LogP contribution >= 0.6 is 15.9 Å². The van der Waals surface area contributed by atoms with Crippen LogP contribution in [0, 0.1) is 11.3 Å². The lowest BCUT2D eigenvalue weighted by Crippen LogP contribution is -2.06. The molecule has 4 nitrogen and oxygen atoms in total. The minimum absolute atomic E-state index is 0.0510. The Balaban J connectivity index is 2.07.